The molecule has 0 spiro atoms. The first-order valence-corrected chi connectivity index (χ1v) is 6.72. The van der Waals surface area contributed by atoms with Crippen LogP contribution in [0.3, 0.4) is 0 Å². The van der Waals surface area contributed by atoms with Gasteiger partial charge >= 0.3 is 29.6 Å². The number of Topliss-reactive ketones (excluding diaryl/α,β-unsaturated/α-hetero) is 1. The van der Waals surface area contributed by atoms with Crippen molar-refractivity contribution in [3.05, 3.63) is 0 Å². The number of hydrogen-bond donors (Lipinski definition) is 1. The molecule has 104 valence electrons. The first-order chi connectivity index (χ1) is 7.93. The zero-order chi connectivity index (χ0) is 13.3. The molecule has 0 aromatic carbocycles. The second kappa shape index (κ2) is 11.3. The average molecular weight is 294 g/mol. The van der Waals surface area contributed by atoms with Gasteiger partial charge in [-0.15, -0.1) is 0 Å². The van der Waals surface area contributed by atoms with Gasteiger partial charge in [0.1, 0.15) is 0 Å². The number of ketones is 1. The van der Waals surface area contributed by atoms with Gasteiger partial charge in [0.2, 0.25) is 6.29 Å². The maximum atomic E-state index is 11.2. The SMILES string of the molecule is CCOCCOC(OS(=O)(=O)CCO)C(C)=O.[NaH]. The van der Waals surface area contributed by atoms with Gasteiger partial charge in [0.15, 0.2) is 5.78 Å². The Morgan fingerprint density at radius 3 is 2.39 bits per heavy atom. The van der Waals surface area contributed by atoms with E-state index < -0.39 is 34.6 Å². The molecule has 0 aromatic heterocycles. The number of hydrogen-bond acceptors (Lipinski definition) is 7. The monoisotopic (exact) mass is 294 g/mol. The summed E-state index contributed by atoms with van der Waals surface area (Å²) in [5.74, 6) is -1.14. The van der Waals surface area contributed by atoms with Crippen LogP contribution in [0, 0.1) is 0 Å². The summed E-state index contributed by atoms with van der Waals surface area (Å²) in [5.41, 5.74) is 0. The molecular weight excluding hydrogens is 275 g/mol. The summed E-state index contributed by atoms with van der Waals surface area (Å²) >= 11 is 0. The number of ether oxygens (including phenoxy) is 2. The fraction of sp³-hybridized carbons (Fsp3) is 0.889. The van der Waals surface area contributed by atoms with Crippen molar-refractivity contribution in [2.24, 2.45) is 0 Å². The zero-order valence-electron chi connectivity index (χ0n) is 9.92. The number of aliphatic hydroxyl groups excluding tert-OH is 1. The van der Waals surface area contributed by atoms with E-state index in [2.05, 4.69) is 4.18 Å². The van der Waals surface area contributed by atoms with E-state index in [0.717, 1.165) is 6.92 Å². The third-order valence-corrected chi connectivity index (χ3v) is 2.76. The third-order valence-electron chi connectivity index (χ3n) is 1.61. The number of aliphatic hydroxyl groups is 1. The molecular formula is C9H19NaO7S. The van der Waals surface area contributed by atoms with Gasteiger partial charge in [-0.05, 0) is 13.8 Å². The number of carbonyl (C=O) groups is 1. The second-order valence-corrected chi connectivity index (χ2v) is 4.81. The molecule has 0 rings (SSSR count). The number of rotatable bonds is 10. The quantitative estimate of drug-likeness (QED) is 0.230. The Kier molecular flexibility index (Phi) is 13.0. The number of carbonyl (C=O) groups excluding carboxylic acids is 1. The predicted octanol–water partition coefficient (Wildman–Crippen LogP) is -1.36. The van der Waals surface area contributed by atoms with Crippen LogP contribution in [-0.2, 0) is 28.6 Å². The van der Waals surface area contributed by atoms with Gasteiger partial charge < -0.3 is 14.6 Å². The molecule has 0 aliphatic rings. The fourth-order valence-electron chi connectivity index (χ4n) is 0.864. The second-order valence-electron chi connectivity index (χ2n) is 3.09. The summed E-state index contributed by atoms with van der Waals surface area (Å²) in [6.45, 7) is 3.16. The van der Waals surface area contributed by atoms with Crippen molar-refractivity contribution >= 4 is 45.5 Å². The molecule has 1 atom stereocenters. The molecule has 0 aliphatic carbocycles. The minimum absolute atomic E-state index is 0. The van der Waals surface area contributed by atoms with Crippen LogP contribution in [0.15, 0.2) is 0 Å². The first-order valence-electron chi connectivity index (χ1n) is 5.14. The molecule has 0 fully saturated rings. The molecule has 0 saturated heterocycles. The van der Waals surface area contributed by atoms with Crippen molar-refractivity contribution in [1.82, 2.24) is 0 Å². The Morgan fingerprint density at radius 2 is 1.94 bits per heavy atom. The maximum absolute atomic E-state index is 11.2. The molecule has 18 heavy (non-hydrogen) atoms. The molecule has 9 heteroatoms. The normalized spacial score (nSPS) is 12.8. The fourth-order valence-corrected chi connectivity index (χ4v) is 1.64. The molecule has 0 saturated carbocycles. The van der Waals surface area contributed by atoms with Crippen molar-refractivity contribution < 1.29 is 32.0 Å². The summed E-state index contributed by atoms with van der Waals surface area (Å²) < 4.78 is 36.8. The minimum atomic E-state index is -3.96. The van der Waals surface area contributed by atoms with E-state index in [1.165, 1.54) is 0 Å². The molecule has 0 bridgehead atoms. The standard InChI is InChI=1S/C9H18O7S.Na.H/c1-3-14-5-6-15-9(8(2)11)16-17(12,13)7-4-10;;/h9-10H,3-7H2,1-2H3;;. The molecule has 0 heterocycles. The molecule has 0 aliphatic heterocycles. The van der Waals surface area contributed by atoms with E-state index >= 15 is 0 Å². The van der Waals surface area contributed by atoms with Gasteiger partial charge in [-0.3, -0.25) is 4.79 Å². The van der Waals surface area contributed by atoms with Crippen LogP contribution < -0.4 is 0 Å². The van der Waals surface area contributed by atoms with Gasteiger partial charge in [-0.2, -0.15) is 8.42 Å². The van der Waals surface area contributed by atoms with Crippen LogP contribution in [0.5, 0.6) is 0 Å². The van der Waals surface area contributed by atoms with Crippen molar-refractivity contribution in [2.75, 3.05) is 32.2 Å². The van der Waals surface area contributed by atoms with Crippen LogP contribution in [0.1, 0.15) is 13.8 Å². The van der Waals surface area contributed by atoms with Crippen LogP contribution in [0.2, 0.25) is 0 Å². The van der Waals surface area contributed by atoms with Crippen LogP contribution in [-0.4, -0.2) is 87.3 Å². The van der Waals surface area contributed by atoms with E-state index in [1.54, 1.807) is 6.92 Å². The molecule has 1 N–H and O–H groups in total. The van der Waals surface area contributed by atoms with E-state index in [4.69, 9.17) is 14.6 Å². The Labute approximate surface area is 129 Å². The Bertz CT molecular complexity index is 317. The van der Waals surface area contributed by atoms with Crippen molar-refractivity contribution in [3.8, 4) is 0 Å². The summed E-state index contributed by atoms with van der Waals surface area (Å²) in [5, 5.41) is 8.49. The summed E-state index contributed by atoms with van der Waals surface area (Å²) in [7, 11) is -3.96. The van der Waals surface area contributed by atoms with Gasteiger partial charge in [-0.1, -0.05) is 0 Å². The van der Waals surface area contributed by atoms with Crippen molar-refractivity contribution in [1.29, 1.82) is 0 Å². The van der Waals surface area contributed by atoms with E-state index in [9.17, 15) is 13.2 Å². The third kappa shape index (κ3) is 10.4. The zero-order valence-corrected chi connectivity index (χ0v) is 10.7. The summed E-state index contributed by atoms with van der Waals surface area (Å²) in [4.78, 5) is 11.1. The van der Waals surface area contributed by atoms with Crippen LogP contribution in [0.4, 0.5) is 0 Å². The van der Waals surface area contributed by atoms with Crippen LogP contribution in [0.25, 0.3) is 0 Å². The molecule has 0 radical (unpaired) electrons. The average Bonchev–Trinajstić information content (AvgIpc) is 2.22. The Balaban J connectivity index is 0. The predicted molar refractivity (Wildman–Crippen MR) is 66.0 cm³/mol. The van der Waals surface area contributed by atoms with E-state index in [1.807, 2.05) is 0 Å². The van der Waals surface area contributed by atoms with E-state index in [0.29, 0.717) is 6.61 Å². The van der Waals surface area contributed by atoms with E-state index in [-0.39, 0.29) is 42.8 Å². The molecule has 1 unspecified atom stereocenters. The molecule has 7 nitrogen and oxygen atoms in total. The van der Waals surface area contributed by atoms with Crippen molar-refractivity contribution in [3.63, 3.8) is 0 Å². The first kappa shape index (κ1) is 20.8. The van der Waals surface area contributed by atoms with Crippen molar-refractivity contribution in [2.45, 2.75) is 20.1 Å². The topological polar surface area (TPSA) is 99.1 Å². The Morgan fingerprint density at radius 1 is 1.33 bits per heavy atom. The van der Waals surface area contributed by atoms with Gasteiger partial charge in [0, 0.05) is 6.61 Å². The van der Waals surface area contributed by atoms with Gasteiger partial charge in [0.25, 0.3) is 10.1 Å². The molecule has 0 aromatic rings. The molecule has 0 amide bonds. The Hall–Kier alpha value is 0.460. The summed E-state index contributed by atoms with van der Waals surface area (Å²) in [6.07, 6.45) is -1.48. The van der Waals surface area contributed by atoms with Gasteiger partial charge in [-0.25, -0.2) is 4.18 Å². The van der Waals surface area contributed by atoms with Gasteiger partial charge in [0.05, 0.1) is 25.6 Å². The van der Waals surface area contributed by atoms with Crippen LogP contribution >= 0.6 is 0 Å². The summed E-state index contributed by atoms with van der Waals surface area (Å²) in [6, 6.07) is 0.